The van der Waals surface area contributed by atoms with E-state index in [4.69, 9.17) is 4.74 Å². The third-order valence-electron chi connectivity index (χ3n) is 2.63. The molecule has 2 rings (SSSR count). The zero-order valence-corrected chi connectivity index (χ0v) is 10.4. The lowest BCUT2D eigenvalue weighted by atomic mass is 10.1. The second-order valence-corrected chi connectivity index (χ2v) is 3.89. The average Bonchev–Trinajstić information content (AvgIpc) is 2.45. The van der Waals surface area contributed by atoms with Crippen molar-refractivity contribution in [1.29, 1.82) is 0 Å². The summed E-state index contributed by atoms with van der Waals surface area (Å²) in [6, 6.07) is 13.6. The van der Waals surface area contributed by atoms with Crippen molar-refractivity contribution in [3.8, 4) is 17.6 Å². The zero-order valence-electron chi connectivity index (χ0n) is 10.4. The number of rotatable bonds is 2. The predicted octanol–water partition coefficient (Wildman–Crippen LogP) is 2.92. The SMILES string of the molecule is COc1cccc(F)c1C(O)C#Cc1ccccc1. The molecular formula is C16H13FO2. The summed E-state index contributed by atoms with van der Waals surface area (Å²) in [6.07, 6.45) is -1.23. The fourth-order valence-electron chi connectivity index (χ4n) is 1.71. The molecule has 0 bridgehead atoms. The minimum atomic E-state index is -1.23. The molecule has 0 saturated heterocycles. The first kappa shape index (κ1) is 13.1. The Morgan fingerprint density at radius 1 is 1.11 bits per heavy atom. The summed E-state index contributed by atoms with van der Waals surface area (Å²) in [7, 11) is 1.43. The Balaban J connectivity index is 2.31. The van der Waals surface area contributed by atoms with E-state index in [2.05, 4.69) is 11.8 Å². The van der Waals surface area contributed by atoms with Crippen LogP contribution in [-0.4, -0.2) is 12.2 Å². The fraction of sp³-hybridized carbons (Fsp3) is 0.125. The summed E-state index contributed by atoms with van der Waals surface area (Å²) < 4.78 is 18.7. The molecule has 0 fully saturated rings. The second-order valence-electron chi connectivity index (χ2n) is 3.89. The highest BCUT2D eigenvalue weighted by Crippen LogP contribution is 2.27. The quantitative estimate of drug-likeness (QED) is 0.837. The van der Waals surface area contributed by atoms with E-state index in [9.17, 15) is 9.50 Å². The first-order chi connectivity index (χ1) is 9.22. The van der Waals surface area contributed by atoms with Crippen molar-refractivity contribution in [3.05, 3.63) is 65.5 Å². The van der Waals surface area contributed by atoms with Gasteiger partial charge in [-0.2, -0.15) is 0 Å². The van der Waals surface area contributed by atoms with Crippen molar-refractivity contribution in [3.63, 3.8) is 0 Å². The summed E-state index contributed by atoms with van der Waals surface area (Å²) in [6.45, 7) is 0. The van der Waals surface area contributed by atoms with E-state index >= 15 is 0 Å². The average molecular weight is 256 g/mol. The van der Waals surface area contributed by atoms with Gasteiger partial charge in [0.25, 0.3) is 0 Å². The highest BCUT2D eigenvalue weighted by Gasteiger charge is 2.15. The minimum absolute atomic E-state index is 0.0634. The van der Waals surface area contributed by atoms with Gasteiger partial charge in [-0.1, -0.05) is 36.1 Å². The van der Waals surface area contributed by atoms with Crippen LogP contribution in [0.15, 0.2) is 48.5 Å². The summed E-state index contributed by atoms with van der Waals surface area (Å²) >= 11 is 0. The molecule has 2 aromatic carbocycles. The number of aliphatic hydroxyl groups excluding tert-OH is 1. The van der Waals surface area contributed by atoms with Gasteiger partial charge in [0.15, 0.2) is 0 Å². The van der Waals surface area contributed by atoms with Gasteiger partial charge in [-0.25, -0.2) is 4.39 Å². The standard InChI is InChI=1S/C16H13FO2/c1-19-15-9-5-8-13(17)16(15)14(18)11-10-12-6-3-2-4-7-12/h2-9,14,18H,1H3. The van der Waals surface area contributed by atoms with Crippen molar-refractivity contribution in [2.75, 3.05) is 7.11 Å². The first-order valence-electron chi connectivity index (χ1n) is 5.79. The zero-order chi connectivity index (χ0) is 13.7. The third kappa shape index (κ3) is 3.12. The van der Waals surface area contributed by atoms with Crippen LogP contribution >= 0.6 is 0 Å². The molecule has 96 valence electrons. The number of aliphatic hydroxyl groups is 1. The molecule has 0 amide bonds. The second kappa shape index (κ2) is 6.03. The van der Waals surface area contributed by atoms with Gasteiger partial charge in [-0.05, 0) is 24.3 Å². The maximum atomic E-state index is 13.7. The monoisotopic (exact) mass is 256 g/mol. The maximum absolute atomic E-state index is 13.7. The van der Waals surface area contributed by atoms with Gasteiger partial charge in [0.05, 0.1) is 12.7 Å². The highest BCUT2D eigenvalue weighted by molar-refractivity contribution is 5.42. The molecule has 1 atom stereocenters. The summed E-state index contributed by atoms with van der Waals surface area (Å²) in [5.41, 5.74) is 0.824. The van der Waals surface area contributed by atoms with Crippen LogP contribution in [0.1, 0.15) is 17.2 Å². The van der Waals surface area contributed by atoms with Crippen molar-refractivity contribution in [2.24, 2.45) is 0 Å². The van der Waals surface area contributed by atoms with Gasteiger partial charge in [-0.15, -0.1) is 0 Å². The Hall–Kier alpha value is -2.31. The van der Waals surface area contributed by atoms with Gasteiger partial charge in [0.2, 0.25) is 0 Å². The van der Waals surface area contributed by atoms with Crippen LogP contribution < -0.4 is 4.74 Å². The van der Waals surface area contributed by atoms with E-state index in [1.54, 1.807) is 6.07 Å². The van der Waals surface area contributed by atoms with Crippen LogP contribution in [0.4, 0.5) is 4.39 Å². The topological polar surface area (TPSA) is 29.5 Å². The number of hydrogen-bond acceptors (Lipinski definition) is 2. The van der Waals surface area contributed by atoms with Crippen molar-refractivity contribution >= 4 is 0 Å². The third-order valence-corrected chi connectivity index (χ3v) is 2.63. The first-order valence-corrected chi connectivity index (χ1v) is 5.79. The van der Waals surface area contributed by atoms with Gasteiger partial charge < -0.3 is 9.84 Å². The van der Waals surface area contributed by atoms with Gasteiger partial charge in [0, 0.05) is 5.56 Å². The van der Waals surface area contributed by atoms with E-state index in [0.29, 0.717) is 0 Å². The molecule has 0 radical (unpaired) electrons. The largest absolute Gasteiger partial charge is 0.496 e. The number of methoxy groups -OCH3 is 1. The van der Waals surface area contributed by atoms with E-state index in [1.165, 1.54) is 19.2 Å². The fourth-order valence-corrected chi connectivity index (χ4v) is 1.71. The molecule has 1 unspecified atom stereocenters. The molecule has 2 aromatic rings. The van der Waals surface area contributed by atoms with Crippen LogP contribution in [0.5, 0.6) is 5.75 Å². The number of ether oxygens (including phenoxy) is 1. The van der Waals surface area contributed by atoms with Gasteiger partial charge >= 0.3 is 0 Å². The van der Waals surface area contributed by atoms with E-state index in [-0.39, 0.29) is 11.3 Å². The van der Waals surface area contributed by atoms with Crippen molar-refractivity contribution < 1.29 is 14.2 Å². The molecule has 19 heavy (non-hydrogen) atoms. The Kier molecular flexibility index (Phi) is 4.17. The molecular weight excluding hydrogens is 243 g/mol. The Morgan fingerprint density at radius 3 is 2.53 bits per heavy atom. The summed E-state index contributed by atoms with van der Waals surface area (Å²) in [5, 5.41) is 9.98. The molecule has 2 nitrogen and oxygen atoms in total. The van der Waals surface area contributed by atoms with Crippen LogP contribution in [0.2, 0.25) is 0 Å². The lowest BCUT2D eigenvalue weighted by Gasteiger charge is -2.10. The van der Waals surface area contributed by atoms with Crippen LogP contribution in [0.3, 0.4) is 0 Å². The van der Waals surface area contributed by atoms with E-state index in [1.807, 2.05) is 30.3 Å². The molecule has 0 aliphatic heterocycles. The number of benzene rings is 2. The lowest BCUT2D eigenvalue weighted by molar-refractivity contribution is 0.226. The Morgan fingerprint density at radius 2 is 1.84 bits per heavy atom. The number of halogens is 1. The summed E-state index contributed by atoms with van der Waals surface area (Å²) in [5.74, 6) is 5.17. The predicted molar refractivity (Wildman–Crippen MR) is 71.2 cm³/mol. The molecule has 3 heteroatoms. The summed E-state index contributed by atoms with van der Waals surface area (Å²) in [4.78, 5) is 0. The van der Waals surface area contributed by atoms with Gasteiger partial charge in [0.1, 0.15) is 17.7 Å². The molecule has 0 heterocycles. The normalized spacial score (nSPS) is 11.3. The van der Waals surface area contributed by atoms with E-state index in [0.717, 1.165) is 5.56 Å². The smallest absolute Gasteiger partial charge is 0.147 e. The molecule has 0 aromatic heterocycles. The Labute approximate surface area is 111 Å². The molecule has 1 N–H and O–H groups in total. The minimum Gasteiger partial charge on any atom is -0.496 e. The molecule has 0 aliphatic carbocycles. The van der Waals surface area contributed by atoms with Gasteiger partial charge in [-0.3, -0.25) is 0 Å². The van der Waals surface area contributed by atoms with Crippen molar-refractivity contribution in [1.82, 2.24) is 0 Å². The maximum Gasteiger partial charge on any atom is 0.147 e. The van der Waals surface area contributed by atoms with Crippen LogP contribution in [-0.2, 0) is 0 Å². The highest BCUT2D eigenvalue weighted by atomic mass is 19.1. The van der Waals surface area contributed by atoms with E-state index < -0.39 is 11.9 Å². The Bertz CT molecular complexity index is 612. The number of hydrogen-bond donors (Lipinski definition) is 1. The van der Waals surface area contributed by atoms with Crippen molar-refractivity contribution in [2.45, 2.75) is 6.10 Å². The molecule has 0 spiro atoms. The molecule has 0 aliphatic rings. The van der Waals surface area contributed by atoms with Crippen LogP contribution in [0, 0.1) is 17.7 Å². The van der Waals surface area contributed by atoms with Crippen LogP contribution in [0.25, 0.3) is 0 Å². The molecule has 0 saturated carbocycles. The lowest BCUT2D eigenvalue weighted by Crippen LogP contribution is -2.01.